The van der Waals surface area contributed by atoms with Crippen LogP contribution < -0.4 is 10.2 Å². The Morgan fingerprint density at radius 3 is 2.63 bits per heavy atom. The number of aromatic nitrogens is 1. The second-order valence-corrected chi connectivity index (χ2v) is 6.60. The maximum atomic E-state index is 13.8. The molecule has 0 fully saturated rings. The number of nitrogens with zero attached hydrogens (tertiary/aromatic N) is 3. The SMILES string of the molecule is O=C(CN1C(=O)CC(c2ccccc2)=Nc2cccnc21)Nc1ccc(F)cc1F. The normalized spacial score (nSPS) is 13.3. The lowest BCUT2D eigenvalue weighted by Crippen LogP contribution is -2.39. The molecule has 1 aromatic heterocycles. The molecule has 0 radical (unpaired) electrons. The van der Waals surface area contributed by atoms with Crippen LogP contribution in [0.1, 0.15) is 12.0 Å². The lowest BCUT2D eigenvalue weighted by molar-refractivity contribution is -0.120. The van der Waals surface area contributed by atoms with E-state index in [9.17, 15) is 18.4 Å². The standard InChI is InChI=1S/C22H16F2N4O2/c23-15-8-9-17(16(24)11-15)27-20(29)13-28-21(30)12-19(14-5-2-1-3-6-14)26-18-7-4-10-25-22(18)28/h1-11H,12-13H2,(H,27,29). The highest BCUT2D eigenvalue weighted by Crippen LogP contribution is 2.30. The molecule has 6 nitrogen and oxygen atoms in total. The van der Waals surface area contributed by atoms with Gasteiger partial charge in [-0.1, -0.05) is 30.3 Å². The summed E-state index contributed by atoms with van der Waals surface area (Å²) in [6.07, 6.45) is 1.47. The zero-order valence-electron chi connectivity index (χ0n) is 15.7. The van der Waals surface area contributed by atoms with Gasteiger partial charge in [0.2, 0.25) is 11.8 Å². The maximum absolute atomic E-state index is 13.8. The molecule has 2 amide bonds. The number of benzene rings is 2. The summed E-state index contributed by atoms with van der Waals surface area (Å²) in [5.41, 5.74) is 1.62. The maximum Gasteiger partial charge on any atom is 0.244 e. The van der Waals surface area contributed by atoms with Gasteiger partial charge in [-0.15, -0.1) is 0 Å². The Hall–Kier alpha value is -3.94. The third kappa shape index (κ3) is 4.07. The summed E-state index contributed by atoms with van der Waals surface area (Å²) in [5.74, 6) is -2.43. The number of carbonyl (C=O) groups is 2. The third-order valence-electron chi connectivity index (χ3n) is 4.51. The molecule has 2 heterocycles. The predicted molar refractivity (Wildman–Crippen MR) is 109 cm³/mol. The molecule has 0 atom stereocenters. The number of hydrogen-bond acceptors (Lipinski definition) is 4. The minimum Gasteiger partial charge on any atom is -0.322 e. The van der Waals surface area contributed by atoms with Gasteiger partial charge in [-0.25, -0.2) is 18.8 Å². The lowest BCUT2D eigenvalue weighted by atomic mass is 10.1. The van der Waals surface area contributed by atoms with Gasteiger partial charge in [0.1, 0.15) is 23.9 Å². The highest BCUT2D eigenvalue weighted by Gasteiger charge is 2.28. The summed E-state index contributed by atoms with van der Waals surface area (Å²) in [6.45, 7) is -0.392. The predicted octanol–water partition coefficient (Wildman–Crippen LogP) is 3.86. The van der Waals surface area contributed by atoms with Crippen molar-refractivity contribution in [3.05, 3.63) is 84.1 Å². The summed E-state index contributed by atoms with van der Waals surface area (Å²) in [4.78, 5) is 35.5. The molecule has 0 spiro atoms. The number of halogens is 2. The van der Waals surface area contributed by atoms with Crippen LogP contribution in [0.5, 0.6) is 0 Å². The smallest absolute Gasteiger partial charge is 0.244 e. The van der Waals surface area contributed by atoms with Crippen molar-refractivity contribution in [3.8, 4) is 0 Å². The van der Waals surface area contributed by atoms with E-state index in [1.807, 2.05) is 30.3 Å². The van der Waals surface area contributed by atoms with Crippen LogP contribution in [-0.2, 0) is 9.59 Å². The van der Waals surface area contributed by atoms with Crippen molar-refractivity contribution in [3.63, 3.8) is 0 Å². The van der Waals surface area contributed by atoms with Gasteiger partial charge >= 0.3 is 0 Å². The molecule has 0 bridgehead atoms. The minimum absolute atomic E-state index is 0.0292. The van der Waals surface area contributed by atoms with Gasteiger partial charge in [-0.3, -0.25) is 14.5 Å². The van der Waals surface area contributed by atoms with E-state index in [0.29, 0.717) is 17.5 Å². The van der Waals surface area contributed by atoms with E-state index in [2.05, 4.69) is 15.3 Å². The molecular weight excluding hydrogens is 390 g/mol. The number of pyridine rings is 1. The first kappa shape index (κ1) is 19.4. The summed E-state index contributed by atoms with van der Waals surface area (Å²) >= 11 is 0. The molecule has 3 aromatic rings. The van der Waals surface area contributed by atoms with E-state index in [0.717, 1.165) is 17.7 Å². The molecule has 0 saturated carbocycles. The molecule has 2 aromatic carbocycles. The number of fused-ring (bicyclic) bond motifs is 1. The zero-order chi connectivity index (χ0) is 21.1. The van der Waals surface area contributed by atoms with Crippen LogP contribution in [0.15, 0.2) is 71.9 Å². The lowest BCUT2D eigenvalue weighted by Gasteiger charge is -2.20. The average Bonchev–Trinajstić information content (AvgIpc) is 2.88. The monoisotopic (exact) mass is 406 g/mol. The molecule has 1 N–H and O–H groups in total. The highest BCUT2D eigenvalue weighted by molar-refractivity contribution is 6.18. The van der Waals surface area contributed by atoms with Gasteiger partial charge < -0.3 is 5.32 Å². The van der Waals surface area contributed by atoms with Crippen molar-refractivity contribution >= 4 is 34.7 Å². The van der Waals surface area contributed by atoms with Crippen LogP contribution in [0.4, 0.5) is 26.0 Å². The minimum atomic E-state index is -0.904. The van der Waals surface area contributed by atoms with Crippen molar-refractivity contribution in [1.82, 2.24) is 4.98 Å². The second kappa shape index (κ2) is 8.20. The Labute approximate surface area is 170 Å². The number of carbonyl (C=O) groups excluding carboxylic acids is 2. The zero-order valence-corrected chi connectivity index (χ0v) is 15.7. The van der Waals surface area contributed by atoms with Crippen LogP contribution >= 0.6 is 0 Å². The van der Waals surface area contributed by atoms with Gasteiger partial charge in [-0.05, 0) is 29.8 Å². The second-order valence-electron chi connectivity index (χ2n) is 6.60. The van der Waals surface area contributed by atoms with Crippen LogP contribution in [0.3, 0.4) is 0 Å². The van der Waals surface area contributed by atoms with Crippen molar-refractivity contribution in [1.29, 1.82) is 0 Å². The number of aliphatic imine (C=N–C) groups is 1. The Bertz CT molecular complexity index is 1150. The molecule has 0 unspecified atom stereocenters. The van der Waals surface area contributed by atoms with Gasteiger partial charge in [0.15, 0.2) is 5.82 Å². The van der Waals surface area contributed by atoms with Gasteiger partial charge in [-0.2, -0.15) is 0 Å². The van der Waals surface area contributed by atoms with E-state index in [1.54, 1.807) is 12.1 Å². The van der Waals surface area contributed by atoms with E-state index in [4.69, 9.17) is 0 Å². The summed E-state index contributed by atoms with van der Waals surface area (Å²) in [6, 6.07) is 15.5. The number of nitrogens with one attached hydrogen (secondary N) is 1. The van der Waals surface area contributed by atoms with Crippen molar-refractivity contribution in [2.75, 3.05) is 16.8 Å². The molecule has 1 aliphatic rings. The van der Waals surface area contributed by atoms with Crippen LogP contribution in [0, 0.1) is 11.6 Å². The Balaban J connectivity index is 1.60. The number of amides is 2. The molecular formula is C22H16F2N4O2. The van der Waals surface area contributed by atoms with Crippen LogP contribution in [0.25, 0.3) is 0 Å². The van der Waals surface area contributed by atoms with E-state index >= 15 is 0 Å². The molecule has 150 valence electrons. The van der Waals surface area contributed by atoms with E-state index in [1.165, 1.54) is 11.1 Å². The van der Waals surface area contributed by atoms with Crippen molar-refractivity contribution in [2.45, 2.75) is 6.42 Å². The Kier molecular flexibility index (Phi) is 5.30. The molecule has 0 aliphatic carbocycles. The number of rotatable bonds is 4. The van der Waals surface area contributed by atoms with E-state index in [-0.39, 0.29) is 23.8 Å². The Morgan fingerprint density at radius 2 is 1.87 bits per heavy atom. The number of anilines is 2. The van der Waals surface area contributed by atoms with Crippen molar-refractivity contribution < 1.29 is 18.4 Å². The molecule has 30 heavy (non-hydrogen) atoms. The molecule has 4 rings (SSSR count). The topological polar surface area (TPSA) is 74.7 Å². The fourth-order valence-electron chi connectivity index (χ4n) is 3.11. The van der Waals surface area contributed by atoms with E-state index < -0.39 is 24.1 Å². The Morgan fingerprint density at radius 1 is 1.07 bits per heavy atom. The third-order valence-corrected chi connectivity index (χ3v) is 4.51. The first-order valence-electron chi connectivity index (χ1n) is 9.14. The van der Waals surface area contributed by atoms with Gasteiger partial charge in [0, 0.05) is 12.3 Å². The average molecular weight is 406 g/mol. The number of hydrogen-bond donors (Lipinski definition) is 1. The fraction of sp³-hybridized carbons (Fsp3) is 0.0909. The summed E-state index contributed by atoms with van der Waals surface area (Å²) < 4.78 is 26.9. The largest absolute Gasteiger partial charge is 0.322 e. The highest BCUT2D eigenvalue weighted by atomic mass is 19.1. The first-order chi connectivity index (χ1) is 14.5. The quantitative estimate of drug-likeness (QED) is 0.715. The summed E-state index contributed by atoms with van der Waals surface area (Å²) in [7, 11) is 0. The molecule has 1 aliphatic heterocycles. The first-order valence-corrected chi connectivity index (χ1v) is 9.14. The van der Waals surface area contributed by atoms with Crippen molar-refractivity contribution in [2.24, 2.45) is 4.99 Å². The van der Waals surface area contributed by atoms with Crippen LogP contribution in [0.2, 0.25) is 0 Å². The molecule has 8 heteroatoms. The van der Waals surface area contributed by atoms with Gasteiger partial charge in [0.25, 0.3) is 0 Å². The molecule has 0 saturated heterocycles. The fourth-order valence-corrected chi connectivity index (χ4v) is 3.11. The summed E-state index contributed by atoms with van der Waals surface area (Å²) in [5, 5.41) is 2.36. The van der Waals surface area contributed by atoms with Gasteiger partial charge in [0.05, 0.1) is 17.8 Å². The van der Waals surface area contributed by atoms with Crippen LogP contribution in [-0.4, -0.2) is 29.1 Å².